The standard InChI is InChI=1S/C13H21NO3/c1-2-16-9-11-12(8-15)17-13(14-11)10-6-4-3-5-7-10/h10,15H,2-9H2,1H3. The van der Waals surface area contributed by atoms with Crippen molar-refractivity contribution in [2.24, 2.45) is 0 Å². The van der Waals surface area contributed by atoms with E-state index in [1.54, 1.807) is 0 Å². The van der Waals surface area contributed by atoms with E-state index < -0.39 is 0 Å². The lowest BCUT2D eigenvalue weighted by Gasteiger charge is -2.17. The molecule has 0 spiro atoms. The van der Waals surface area contributed by atoms with Crippen molar-refractivity contribution < 1.29 is 14.3 Å². The van der Waals surface area contributed by atoms with Gasteiger partial charge in [0.25, 0.3) is 0 Å². The van der Waals surface area contributed by atoms with Gasteiger partial charge in [0.2, 0.25) is 0 Å². The molecule has 0 aliphatic heterocycles. The molecule has 1 N–H and O–H groups in total. The van der Waals surface area contributed by atoms with Gasteiger partial charge in [-0.3, -0.25) is 0 Å². The third-order valence-electron chi connectivity index (χ3n) is 3.34. The molecule has 0 amide bonds. The van der Waals surface area contributed by atoms with Crippen molar-refractivity contribution in [3.8, 4) is 0 Å². The van der Waals surface area contributed by atoms with Crippen LogP contribution >= 0.6 is 0 Å². The summed E-state index contributed by atoms with van der Waals surface area (Å²) in [5, 5.41) is 9.24. The van der Waals surface area contributed by atoms with Crippen LogP contribution in [0.3, 0.4) is 0 Å². The van der Waals surface area contributed by atoms with Crippen LogP contribution in [0.1, 0.15) is 62.3 Å². The maximum Gasteiger partial charge on any atom is 0.197 e. The molecule has 1 aromatic heterocycles. The van der Waals surface area contributed by atoms with Crippen molar-refractivity contribution in [2.45, 2.75) is 58.2 Å². The molecule has 1 fully saturated rings. The van der Waals surface area contributed by atoms with Crippen molar-refractivity contribution in [1.29, 1.82) is 0 Å². The summed E-state index contributed by atoms with van der Waals surface area (Å²) in [6.45, 7) is 2.93. The summed E-state index contributed by atoms with van der Waals surface area (Å²) in [7, 11) is 0. The van der Waals surface area contributed by atoms with Gasteiger partial charge < -0.3 is 14.3 Å². The molecule has 1 aromatic rings. The Bertz CT molecular complexity index is 342. The largest absolute Gasteiger partial charge is 0.443 e. The number of oxazole rings is 1. The van der Waals surface area contributed by atoms with E-state index in [1.807, 2.05) is 6.92 Å². The van der Waals surface area contributed by atoms with Crippen molar-refractivity contribution in [2.75, 3.05) is 6.61 Å². The Labute approximate surface area is 102 Å². The van der Waals surface area contributed by atoms with E-state index in [-0.39, 0.29) is 6.61 Å². The molecule has 1 aliphatic rings. The first-order valence-electron chi connectivity index (χ1n) is 6.52. The van der Waals surface area contributed by atoms with Gasteiger partial charge in [-0.15, -0.1) is 0 Å². The highest BCUT2D eigenvalue weighted by Gasteiger charge is 2.22. The highest BCUT2D eigenvalue weighted by atomic mass is 16.5. The molecular weight excluding hydrogens is 218 g/mol. The Kier molecular flexibility index (Phi) is 4.57. The molecule has 4 heteroatoms. The van der Waals surface area contributed by atoms with E-state index in [4.69, 9.17) is 9.15 Å². The summed E-state index contributed by atoms with van der Waals surface area (Å²) in [6, 6.07) is 0. The van der Waals surface area contributed by atoms with Gasteiger partial charge >= 0.3 is 0 Å². The van der Waals surface area contributed by atoms with Gasteiger partial charge in [-0.05, 0) is 19.8 Å². The van der Waals surface area contributed by atoms with Crippen LogP contribution in [0.15, 0.2) is 4.42 Å². The molecule has 96 valence electrons. The third kappa shape index (κ3) is 3.07. The van der Waals surface area contributed by atoms with Crippen LogP contribution in [0.25, 0.3) is 0 Å². The van der Waals surface area contributed by atoms with Gasteiger partial charge in [0.05, 0.1) is 6.61 Å². The lowest BCUT2D eigenvalue weighted by atomic mass is 9.89. The van der Waals surface area contributed by atoms with Crippen LogP contribution in [0.2, 0.25) is 0 Å². The second kappa shape index (κ2) is 6.17. The Morgan fingerprint density at radius 2 is 2.12 bits per heavy atom. The summed E-state index contributed by atoms with van der Waals surface area (Å²) in [5.74, 6) is 1.80. The molecule has 0 aromatic carbocycles. The topological polar surface area (TPSA) is 55.5 Å². The molecule has 0 unspecified atom stereocenters. The molecule has 0 atom stereocenters. The average Bonchev–Trinajstić information content (AvgIpc) is 2.80. The van der Waals surface area contributed by atoms with E-state index in [2.05, 4.69) is 4.98 Å². The van der Waals surface area contributed by atoms with Crippen LogP contribution in [-0.4, -0.2) is 16.7 Å². The zero-order valence-electron chi connectivity index (χ0n) is 10.4. The average molecular weight is 239 g/mol. The summed E-state index contributed by atoms with van der Waals surface area (Å²) < 4.78 is 11.0. The number of aliphatic hydroxyl groups is 1. The molecule has 17 heavy (non-hydrogen) atoms. The number of ether oxygens (including phenoxy) is 1. The Morgan fingerprint density at radius 1 is 1.35 bits per heavy atom. The van der Waals surface area contributed by atoms with Crippen molar-refractivity contribution in [3.05, 3.63) is 17.3 Å². The Hall–Kier alpha value is -0.870. The minimum Gasteiger partial charge on any atom is -0.443 e. The number of aliphatic hydroxyl groups excluding tert-OH is 1. The predicted octanol–water partition coefficient (Wildman–Crippen LogP) is 2.75. The van der Waals surface area contributed by atoms with Crippen LogP contribution in [0.4, 0.5) is 0 Å². The molecule has 4 nitrogen and oxygen atoms in total. The lowest BCUT2D eigenvalue weighted by Crippen LogP contribution is -2.05. The van der Waals surface area contributed by atoms with Crippen molar-refractivity contribution in [1.82, 2.24) is 4.98 Å². The predicted molar refractivity (Wildman–Crippen MR) is 63.6 cm³/mol. The zero-order valence-corrected chi connectivity index (χ0v) is 10.4. The van der Waals surface area contributed by atoms with Gasteiger partial charge in [-0.1, -0.05) is 19.3 Å². The molecule has 1 aliphatic carbocycles. The summed E-state index contributed by atoms with van der Waals surface area (Å²) in [6.07, 6.45) is 6.12. The minimum absolute atomic E-state index is 0.0951. The van der Waals surface area contributed by atoms with Gasteiger partial charge in [-0.25, -0.2) is 4.98 Å². The SMILES string of the molecule is CCOCc1nc(C2CCCCC2)oc1CO. The van der Waals surface area contributed by atoms with Crippen molar-refractivity contribution in [3.63, 3.8) is 0 Å². The number of rotatable bonds is 5. The minimum atomic E-state index is -0.0951. The normalized spacial score (nSPS) is 17.5. The molecular formula is C13H21NO3. The van der Waals surface area contributed by atoms with E-state index in [1.165, 1.54) is 19.3 Å². The van der Waals surface area contributed by atoms with E-state index in [0.717, 1.165) is 24.4 Å². The number of hydrogen-bond donors (Lipinski definition) is 1. The summed E-state index contributed by atoms with van der Waals surface area (Å²) in [5.41, 5.74) is 0.759. The number of aromatic nitrogens is 1. The second-order valence-electron chi connectivity index (χ2n) is 4.55. The van der Waals surface area contributed by atoms with Crippen LogP contribution in [0, 0.1) is 0 Å². The van der Waals surface area contributed by atoms with Gasteiger partial charge in [0, 0.05) is 12.5 Å². The molecule has 0 radical (unpaired) electrons. The zero-order chi connectivity index (χ0) is 12.1. The van der Waals surface area contributed by atoms with Crippen molar-refractivity contribution >= 4 is 0 Å². The van der Waals surface area contributed by atoms with Gasteiger partial charge in [0.15, 0.2) is 11.7 Å². The molecule has 0 bridgehead atoms. The van der Waals surface area contributed by atoms with Crippen LogP contribution in [0.5, 0.6) is 0 Å². The fraction of sp³-hybridized carbons (Fsp3) is 0.769. The Balaban J connectivity index is 2.08. The fourth-order valence-electron chi connectivity index (χ4n) is 2.36. The third-order valence-corrected chi connectivity index (χ3v) is 3.34. The van der Waals surface area contributed by atoms with Crippen LogP contribution < -0.4 is 0 Å². The molecule has 1 heterocycles. The first-order valence-corrected chi connectivity index (χ1v) is 6.52. The second-order valence-corrected chi connectivity index (χ2v) is 4.55. The molecule has 2 rings (SSSR count). The molecule has 1 saturated carbocycles. The Morgan fingerprint density at radius 3 is 2.76 bits per heavy atom. The quantitative estimate of drug-likeness (QED) is 0.858. The first kappa shape index (κ1) is 12.6. The van der Waals surface area contributed by atoms with Gasteiger partial charge in [-0.2, -0.15) is 0 Å². The fourth-order valence-corrected chi connectivity index (χ4v) is 2.36. The smallest absolute Gasteiger partial charge is 0.197 e. The van der Waals surface area contributed by atoms with E-state index >= 15 is 0 Å². The maximum atomic E-state index is 9.24. The van der Waals surface area contributed by atoms with E-state index in [0.29, 0.717) is 24.9 Å². The first-order chi connectivity index (χ1) is 8.35. The highest BCUT2D eigenvalue weighted by molar-refractivity contribution is 5.10. The maximum absolute atomic E-state index is 9.24. The summed E-state index contributed by atoms with van der Waals surface area (Å²) >= 11 is 0. The number of nitrogens with zero attached hydrogens (tertiary/aromatic N) is 1. The highest BCUT2D eigenvalue weighted by Crippen LogP contribution is 2.33. The number of hydrogen-bond acceptors (Lipinski definition) is 4. The monoisotopic (exact) mass is 239 g/mol. The van der Waals surface area contributed by atoms with Gasteiger partial charge in [0.1, 0.15) is 12.3 Å². The molecule has 0 saturated heterocycles. The van der Waals surface area contributed by atoms with Crippen LogP contribution in [-0.2, 0) is 18.0 Å². The summed E-state index contributed by atoms with van der Waals surface area (Å²) in [4.78, 5) is 4.49. The lowest BCUT2D eigenvalue weighted by molar-refractivity contribution is 0.128. The van der Waals surface area contributed by atoms with E-state index in [9.17, 15) is 5.11 Å².